The van der Waals surface area contributed by atoms with Crippen molar-refractivity contribution in [1.82, 2.24) is 0 Å². The summed E-state index contributed by atoms with van der Waals surface area (Å²) in [6, 6.07) is 62.5. The molecular weight excluding hydrogens is 677 g/mol. The third-order valence-corrected chi connectivity index (χ3v) is 12.6. The molecule has 2 nitrogen and oxygen atoms in total. The predicted octanol–water partition coefficient (Wildman–Crippen LogP) is 15.0. The van der Waals surface area contributed by atoms with Gasteiger partial charge in [-0.2, -0.15) is 0 Å². The first-order valence-electron chi connectivity index (χ1n) is 20.0. The zero-order valence-electron chi connectivity index (χ0n) is 32.6. The average molecular weight is 723 g/mol. The summed E-state index contributed by atoms with van der Waals surface area (Å²) in [5.74, 6) is 0. The molecule has 7 aromatic rings. The van der Waals surface area contributed by atoms with Gasteiger partial charge < -0.3 is 9.80 Å². The number of nitrogens with zero attached hydrogens (tertiary/aromatic N) is 2. The Balaban J connectivity index is 0.978. The lowest BCUT2D eigenvalue weighted by atomic mass is 9.78. The molecule has 0 bridgehead atoms. The summed E-state index contributed by atoms with van der Waals surface area (Å²) in [5.41, 5.74) is 20.5. The summed E-state index contributed by atoms with van der Waals surface area (Å²) >= 11 is 0. The van der Waals surface area contributed by atoms with Crippen molar-refractivity contribution in [1.29, 1.82) is 0 Å². The molecule has 0 spiro atoms. The minimum atomic E-state index is -0.0677. The number of fused-ring (bicyclic) bond motifs is 5. The fraction of sp³-hybridized carbons (Fsp3) is 0.148. The first-order valence-corrected chi connectivity index (χ1v) is 20.0. The van der Waals surface area contributed by atoms with Gasteiger partial charge >= 0.3 is 0 Å². The molecule has 0 saturated heterocycles. The highest BCUT2D eigenvalue weighted by molar-refractivity contribution is 5.90. The summed E-state index contributed by atoms with van der Waals surface area (Å²) in [4.78, 5) is 4.77. The normalized spacial score (nSPS) is 15.5. The quantitative estimate of drug-likeness (QED) is 0.162. The molecule has 0 aromatic heterocycles. The first-order chi connectivity index (χ1) is 27.3. The molecule has 272 valence electrons. The lowest BCUT2D eigenvalue weighted by Crippen LogP contribution is -2.18. The van der Waals surface area contributed by atoms with Crippen molar-refractivity contribution in [3.63, 3.8) is 0 Å². The van der Waals surface area contributed by atoms with E-state index >= 15 is 0 Å². The van der Waals surface area contributed by atoms with Crippen molar-refractivity contribution in [2.24, 2.45) is 0 Å². The van der Waals surface area contributed by atoms with Gasteiger partial charge in [-0.15, -0.1) is 0 Å². The van der Waals surface area contributed by atoms with E-state index in [1.165, 1.54) is 55.8 Å². The third-order valence-electron chi connectivity index (χ3n) is 12.6. The maximum atomic E-state index is 2.43. The molecule has 0 fully saturated rings. The zero-order valence-corrected chi connectivity index (χ0v) is 32.6. The number of anilines is 6. The van der Waals surface area contributed by atoms with Crippen LogP contribution in [0.2, 0.25) is 0 Å². The number of benzene rings is 7. The molecule has 0 aliphatic heterocycles. The summed E-state index contributed by atoms with van der Waals surface area (Å²) in [5, 5.41) is 0. The minimum absolute atomic E-state index is 0.0168. The Bertz CT molecular complexity index is 2660. The minimum Gasteiger partial charge on any atom is -0.310 e. The molecule has 0 heterocycles. The SMILES string of the molecule is CC1(C)C2=C(C=CCC2)c2ccc(N(c3ccccc3)c3ccc(-c4ccc(N(c5ccccc5)c5ccc6c(c5)C(C)(C)c5ccccc5-6)cc4)cc3)cc21. The van der Waals surface area contributed by atoms with E-state index in [1.807, 2.05) is 0 Å². The lowest BCUT2D eigenvalue weighted by molar-refractivity contribution is 0.607. The number of para-hydroxylation sites is 2. The second-order valence-electron chi connectivity index (χ2n) is 16.5. The van der Waals surface area contributed by atoms with Gasteiger partial charge in [0.1, 0.15) is 0 Å². The Morgan fingerprint density at radius 1 is 0.393 bits per heavy atom. The van der Waals surface area contributed by atoms with Gasteiger partial charge in [-0.05, 0) is 136 Å². The summed E-state index contributed by atoms with van der Waals surface area (Å²) < 4.78 is 0. The van der Waals surface area contributed by atoms with Crippen molar-refractivity contribution in [3.8, 4) is 22.3 Å². The maximum absolute atomic E-state index is 2.43. The maximum Gasteiger partial charge on any atom is 0.0465 e. The van der Waals surface area contributed by atoms with Crippen LogP contribution in [-0.2, 0) is 10.8 Å². The average Bonchev–Trinajstić information content (AvgIpc) is 3.61. The molecule has 10 rings (SSSR count). The van der Waals surface area contributed by atoms with E-state index in [9.17, 15) is 0 Å². The van der Waals surface area contributed by atoms with Crippen LogP contribution in [0.4, 0.5) is 34.1 Å². The standard InChI is InChI=1S/C54H46N2/c1-53(2)49-21-13-11-19-45(49)47-33-31-43(35-51(47)53)55(39-15-7-5-8-16-39)41-27-23-37(24-28-41)38-25-29-42(30-26-38)56(40-17-9-6-10-18-40)44-32-34-48-46-20-12-14-22-50(46)54(3,4)52(48)36-44/h5-13,15-21,23-36H,14,22H2,1-4H3. The number of hydrogen-bond acceptors (Lipinski definition) is 2. The van der Waals surface area contributed by atoms with Crippen LogP contribution in [0.5, 0.6) is 0 Å². The molecule has 56 heavy (non-hydrogen) atoms. The predicted molar refractivity (Wildman–Crippen MR) is 237 cm³/mol. The molecule has 0 saturated carbocycles. The van der Waals surface area contributed by atoms with Gasteiger partial charge in [0.2, 0.25) is 0 Å². The topological polar surface area (TPSA) is 6.48 Å². The summed E-state index contributed by atoms with van der Waals surface area (Å²) in [6.07, 6.45) is 6.94. The third kappa shape index (κ3) is 5.46. The van der Waals surface area contributed by atoms with E-state index in [4.69, 9.17) is 0 Å². The van der Waals surface area contributed by atoms with E-state index < -0.39 is 0 Å². The number of hydrogen-bond donors (Lipinski definition) is 0. The highest BCUT2D eigenvalue weighted by Crippen LogP contribution is 2.53. The molecule has 3 aliphatic rings. The van der Waals surface area contributed by atoms with Crippen LogP contribution in [0.1, 0.15) is 62.8 Å². The zero-order chi connectivity index (χ0) is 38.0. The smallest absolute Gasteiger partial charge is 0.0465 e. The lowest BCUT2D eigenvalue weighted by Gasteiger charge is -2.29. The van der Waals surface area contributed by atoms with Gasteiger partial charge in [-0.25, -0.2) is 0 Å². The van der Waals surface area contributed by atoms with Crippen molar-refractivity contribution in [2.75, 3.05) is 9.80 Å². The van der Waals surface area contributed by atoms with Crippen LogP contribution < -0.4 is 9.80 Å². The van der Waals surface area contributed by atoms with E-state index in [-0.39, 0.29) is 10.8 Å². The molecule has 7 aromatic carbocycles. The number of allylic oxidation sites excluding steroid dienone is 4. The molecular formula is C54H46N2. The van der Waals surface area contributed by atoms with Crippen molar-refractivity contribution >= 4 is 39.7 Å². The van der Waals surface area contributed by atoms with Gasteiger partial charge in [0.25, 0.3) is 0 Å². The Hall–Kier alpha value is -6.38. The highest BCUT2D eigenvalue weighted by atomic mass is 15.1. The Labute approximate surface area is 331 Å². The van der Waals surface area contributed by atoms with Gasteiger partial charge in [0, 0.05) is 45.0 Å². The van der Waals surface area contributed by atoms with Crippen LogP contribution in [0.25, 0.3) is 27.8 Å². The highest BCUT2D eigenvalue weighted by Gasteiger charge is 2.38. The van der Waals surface area contributed by atoms with Crippen LogP contribution in [0.3, 0.4) is 0 Å². The van der Waals surface area contributed by atoms with Gasteiger partial charge in [-0.3, -0.25) is 0 Å². The molecule has 0 amide bonds. The van der Waals surface area contributed by atoms with E-state index in [0.717, 1.165) is 41.3 Å². The van der Waals surface area contributed by atoms with Crippen LogP contribution in [0.15, 0.2) is 188 Å². The molecule has 0 atom stereocenters. The fourth-order valence-corrected chi connectivity index (χ4v) is 9.64. The molecule has 0 unspecified atom stereocenters. The van der Waals surface area contributed by atoms with Crippen LogP contribution in [0, 0.1) is 0 Å². The monoisotopic (exact) mass is 722 g/mol. The Morgan fingerprint density at radius 3 is 1.41 bits per heavy atom. The summed E-state index contributed by atoms with van der Waals surface area (Å²) in [7, 11) is 0. The molecule has 3 aliphatic carbocycles. The first kappa shape index (κ1) is 34.1. The largest absolute Gasteiger partial charge is 0.310 e. The van der Waals surface area contributed by atoms with Gasteiger partial charge in [-0.1, -0.05) is 142 Å². The van der Waals surface area contributed by atoms with E-state index in [2.05, 4.69) is 220 Å². The van der Waals surface area contributed by atoms with Gasteiger partial charge in [0.05, 0.1) is 0 Å². The Morgan fingerprint density at radius 2 is 0.839 bits per heavy atom. The fourth-order valence-electron chi connectivity index (χ4n) is 9.64. The van der Waals surface area contributed by atoms with E-state index in [0.29, 0.717) is 0 Å². The van der Waals surface area contributed by atoms with E-state index in [1.54, 1.807) is 5.57 Å². The van der Waals surface area contributed by atoms with Crippen molar-refractivity contribution in [3.05, 3.63) is 210 Å². The number of rotatable bonds is 7. The van der Waals surface area contributed by atoms with Gasteiger partial charge in [0.15, 0.2) is 0 Å². The molecule has 0 N–H and O–H groups in total. The Kier molecular flexibility index (Phi) is 8.01. The van der Waals surface area contributed by atoms with Crippen molar-refractivity contribution in [2.45, 2.75) is 51.4 Å². The second kappa shape index (κ2) is 13.1. The molecule has 2 heteroatoms. The summed E-state index contributed by atoms with van der Waals surface area (Å²) in [6.45, 7) is 9.49. The molecule has 0 radical (unpaired) electrons. The second-order valence-corrected chi connectivity index (χ2v) is 16.5. The van der Waals surface area contributed by atoms with Crippen LogP contribution in [-0.4, -0.2) is 0 Å². The van der Waals surface area contributed by atoms with Crippen LogP contribution >= 0.6 is 0 Å². The van der Waals surface area contributed by atoms with Crippen molar-refractivity contribution < 1.29 is 0 Å².